The SMILES string of the molecule is CCN(CC)C(CNC(=O)CCNC)c1cccc(OC)c1.Cl.Cl. The third-order valence-corrected chi connectivity index (χ3v) is 3.83. The number of amides is 1. The van der Waals surface area contributed by atoms with Crippen molar-refractivity contribution in [3.8, 4) is 5.75 Å². The van der Waals surface area contributed by atoms with Gasteiger partial charge in [0, 0.05) is 19.5 Å². The molecular formula is C17H31Cl2N3O2. The number of hydrogen-bond donors (Lipinski definition) is 2. The lowest BCUT2D eigenvalue weighted by molar-refractivity contribution is -0.121. The monoisotopic (exact) mass is 379 g/mol. The molecule has 1 amide bonds. The van der Waals surface area contributed by atoms with Crippen molar-refractivity contribution < 1.29 is 9.53 Å². The Hall–Kier alpha value is -1.01. The highest BCUT2D eigenvalue weighted by molar-refractivity contribution is 5.85. The van der Waals surface area contributed by atoms with Gasteiger partial charge in [0.1, 0.15) is 5.75 Å². The minimum atomic E-state index is 0. The summed E-state index contributed by atoms with van der Waals surface area (Å²) < 4.78 is 5.32. The molecule has 0 aliphatic rings. The first-order valence-corrected chi connectivity index (χ1v) is 7.95. The fourth-order valence-corrected chi connectivity index (χ4v) is 2.51. The van der Waals surface area contributed by atoms with Gasteiger partial charge < -0.3 is 15.4 Å². The number of benzene rings is 1. The molecule has 2 N–H and O–H groups in total. The van der Waals surface area contributed by atoms with E-state index in [-0.39, 0.29) is 36.8 Å². The van der Waals surface area contributed by atoms with Crippen LogP contribution in [-0.4, -0.2) is 51.1 Å². The number of nitrogens with zero attached hydrogens (tertiary/aromatic N) is 1. The Balaban J connectivity index is 0. The normalized spacial score (nSPS) is 11.2. The zero-order chi connectivity index (χ0) is 16.4. The zero-order valence-corrected chi connectivity index (χ0v) is 16.6. The van der Waals surface area contributed by atoms with Gasteiger partial charge in [-0.3, -0.25) is 9.69 Å². The third kappa shape index (κ3) is 8.20. The predicted octanol–water partition coefficient (Wildman–Crippen LogP) is 2.65. The largest absolute Gasteiger partial charge is 0.497 e. The molecule has 0 spiro atoms. The summed E-state index contributed by atoms with van der Waals surface area (Å²) in [6.07, 6.45) is 0.500. The summed E-state index contributed by atoms with van der Waals surface area (Å²) in [4.78, 5) is 14.2. The molecule has 0 aliphatic heterocycles. The predicted molar refractivity (Wildman–Crippen MR) is 105 cm³/mol. The molecule has 0 aliphatic carbocycles. The van der Waals surface area contributed by atoms with Gasteiger partial charge >= 0.3 is 0 Å². The number of hydrogen-bond acceptors (Lipinski definition) is 4. The maximum atomic E-state index is 11.9. The minimum Gasteiger partial charge on any atom is -0.497 e. The van der Waals surface area contributed by atoms with Crippen LogP contribution in [0.1, 0.15) is 31.9 Å². The summed E-state index contributed by atoms with van der Waals surface area (Å²) in [6, 6.07) is 8.22. The number of methoxy groups -OCH3 is 1. The first-order chi connectivity index (χ1) is 10.7. The number of carbonyl (C=O) groups is 1. The Morgan fingerprint density at radius 3 is 2.46 bits per heavy atom. The van der Waals surface area contributed by atoms with Crippen LogP contribution in [0.3, 0.4) is 0 Å². The van der Waals surface area contributed by atoms with Crippen molar-refractivity contribution >= 4 is 30.7 Å². The summed E-state index contributed by atoms with van der Waals surface area (Å²) in [7, 11) is 3.52. The lowest BCUT2D eigenvalue weighted by atomic mass is 10.0. The first kappa shape index (κ1) is 25.2. The Morgan fingerprint density at radius 1 is 1.25 bits per heavy atom. The molecule has 0 fully saturated rings. The molecule has 1 rings (SSSR count). The van der Waals surface area contributed by atoms with Crippen LogP contribution in [0.4, 0.5) is 0 Å². The lowest BCUT2D eigenvalue weighted by Crippen LogP contribution is -2.38. The first-order valence-electron chi connectivity index (χ1n) is 7.95. The van der Waals surface area contributed by atoms with Crippen molar-refractivity contribution in [3.63, 3.8) is 0 Å². The molecule has 0 saturated heterocycles. The molecule has 1 atom stereocenters. The van der Waals surface area contributed by atoms with Gasteiger partial charge in [-0.2, -0.15) is 0 Å². The summed E-state index contributed by atoms with van der Waals surface area (Å²) in [6.45, 7) is 7.45. The summed E-state index contributed by atoms with van der Waals surface area (Å²) in [5, 5.41) is 6.03. The van der Waals surface area contributed by atoms with Crippen LogP contribution in [0, 0.1) is 0 Å². The molecule has 7 heteroatoms. The molecule has 0 heterocycles. The van der Waals surface area contributed by atoms with Crippen molar-refractivity contribution in [2.75, 3.05) is 40.3 Å². The topological polar surface area (TPSA) is 53.6 Å². The molecule has 0 aromatic heterocycles. The van der Waals surface area contributed by atoms with Crippen LogP contribution < -0.4 is 15.4 Å². The van der Waals surface area contributed by atoms with Gasteiger partial charge in [-0.05, 0) is 37.8 Å². The van der Waals surface area contributed by atoms with Crippen molar-refractivity contribution in [3.05, 3.63) is 29.8 Å². The number of rotatable bonds is 10. The Bertz CT molecular complexity index is 457. The molecule has 1 aromatic rings. The zero-order valence-electron chi connectivity index (χ0n) is 15.0. The van der Waals surface area contributed by atoms with E-state index in [2.05, 4.69) is 35.4 Å². The Morgan fingerprint density at radius 2 is 1.92 bits per heavy atom. The minimum absolute atomic E-state index is 0. The van der Waals surface area contributed by atoms with Crippen LogP contribution >= 0.6 is 24.8 Å². The van der Waals surface area contributed by atoms with Gasteiger partial charge in [-0.25, -0.2) is 0 Å². The van der Waals surface area contributed by atoms with Crippen LogP contribution in [0.15, 0.2) is 24.3 Å². The number of carbonyl (C=O) groups excluding carboxylic acids is 1. The average molecular weight is 380 g/mol. The van der Waals surface area contributed by atoms with Crippen molar-refractivity contribution in [2.24, 2.45) is 0 Å². The van der Waals surface area contributed by atoms with E-state index in [1.807, 2.05) is 25.2 Å². The fourth-order valence-electron chi connectivity index (χ4n) is 2.51. The number of nitrogens with one attached hydrogen (secondary N) is 2. The summed E-state index contributed by atoms with van der Waals surface area (Å²) in [5.74, 6) is 0.922. The van der Waals surface area contributed by atoms with Gasteiger partial charge in [0.15, 0.2) is 0 Å². The molecule has 0 radical (unpaired) electrons. The van der Waals surface area contributed by atoms with E-state index in [9.17, 15) is 4.79 Å². The number of halogens is 2. The second kappa shape index (κ2) is 14.3. The fraction of sp³-hybridized carbons (Fsp3) is 0.588. The van der Waals surface area contributed by atoms with Gasteiger partial charge in [0.25, 0.3) is 0 Å². The second-order valence-electron chi connectivity index (χ2n) is 5.17. The van der Waals surface area contributed by atoms with Gasteiger partial charge in [-0.15, -0.1) is 24.8 Å². The maximum absolute atomic E-state index is 11.9. The van der Waals surface area contributed by atoms with Crippen molar-refractivity contribution in [1.29, 1.82) is 0 Å². The van der Waals surface area contributed by atoms with Gasteiger partial charge in [-0.1, -0.05) is 26.0 Å². The molecule has 140 valence electrons. The van der Waals surface area contributed by atoms with E-state index in [0.29, 0.717) is 19.5 Å². The quantitative estimate of drug-likeness (QED) is 0.655. The molecule has 0 bridgehead atoms. The van der Waals surface area contributed by atoms with Gasteiger partial charge in [0.05, 0.1) is 13.2 Å². The second-order valence-corrected chi connectivity index (χ2v) is 5.17. The van der Waals surface area contributed by atoms with Crippen LogP contribution in [0.2, 0.25) is 0 Å². The highest BCUT2D eigenvalue weighted by Crippen LogP contribution is 2.23. The molecule has 24 heavy (non-hydrogen) atoms. The number of likely N-dealkylation sites (N-methyl/N-ethyl adjacent to an activating group) is 1. The van der Waals surface area contributed by atoms with Crippen LogP contribution in [-0.2, 0) is 4.79 Å². The standard InChI is InChI=1S/C17H29N3O2.2ClH/c1-5-20(6-2)16(13-19-17(21)10-11-18-3)14-8-7-9-15(12-14)22-4;;/h7-9,12,16,18H,5-6,10-11,13H2,1-4H3,(H,19,21);2*1H. The molecule has 1 aromatic carbocycles. The molecule has 1 unspecified atom stereocenters. The molecule has 0 saturated carbocycles. The summed E-state index contributed by atoms with van der Waals surface area (Å²) >= 11 is 0. The van der Waals surface area contributed by atoms with E-state index >= 15 is 0 Å². The van der Waals surface area contributed by atoms with E-state index < -0.39 is 0 Å². The van der Waals surface area contributed by atoms with E-state index in [1.165, 1.54) is 0 Å². The number of ether oxygens (including phenoxy) is 1. The van der Waals surface area contributed by atoms with Crippen molar-refractivity contribution in [2.45, 2.75) is 26.3 Å². The highest BCUT2D eigenvalue weighted by Gasteiger charge is 2.19. The maximum Gasteiger partial charge on any atom is 0.221 e. The van der Waals surface area contributed by atoms with E-state index in [1.54, 1.807) is 7.11 Å². The van der Waals surface area contributed by atoms with Crippen LogP contribution in [0.25, 0.3) is 0 Å². The molecule has 5 nitrogen and oxygen atoms in total. The van der Waals surface area contributed by atoms with E-state index in [0.717, 1.165) is 24.4 Å². The highest BCUT2D eigenvalue weighted by atomic mass is 35.5. The smallest absolute Gasteiger partial charge is 0.221 e. The Labute approximate surface area is 158 Å². The third-order valence-electron chi connectivity index (χ3n) is 3.83. The van der Waals surface area contributed by atoms with Gasteiger partial charge in [0.2, 0.25) is 5.91 Å². The average Bonchev–Trinajstić information content (AvgIpc) is 2.56. The lowest BCUT2D eigenvalue weighted by Gasteiger charge is -2.30. The van der Waals surface area contributed by atoms with Crippen LogP contribution in [0.5, 0.6) is 5.75 Å². The van der Waals surface area contributed by atoms with E-state index in [4.69, 9.17) is 4.74 Å². The summed E-state index contributed by atoms with van der Waals surface area (Å²) in [5.41, 5.74) is 1.16. The Kier molecular flexibility index (Phi) is 15.1. The molecular weight excluding hydrogens is 349 g/mol. The van der Waals surface area contributed by atoms with Crippen molar-refractivity contribution in [1.82, 2.24) is 15.5 Å².